The average molecular weight is 973 g/mol. The fourth-order valence-electron chi connectivity index (χ4n) is 9.08. The number of hydrogen-bond donors (Lipinski definition) is 0. The summed E-state index contributed by atoms with van der Waals surface area (Å²) in [5.74, 6) is -0.324. The lowest BCUT2D eigenvalue weighted by Gasteiger charge is -2.28. The van der Waals surface area contributed by atoms with E-state index in [1.165, 1.54) is 257 Å². The molecule has 0 aromatic carbocycles. The van der Waals surface area contributed by atoms with Crippen molar-refractivity contribution >= 4 is 13.8 Å². The number of ether oxygens (including phenoxy) is 2. The molecule has 1 unspecified atom stereocenters. The molecule has 0 spiro atoms. The summed E-state index contributed by atoms with van der Waals surface area (Å²) in [5.41, 5.74) is 0. The van der Waals surface area contributed by atoms with Crippen molar-refractivity contribution in [2.45, 2.75) is 315 Å². The van der Waals surface area contributed by atoms with Gasteiger partial charge in [0.25, 0.3) is 7.82 Å². The Morgan fingerprint density at radius 2 is 0.687 bits per heavy atom. The normalized spacial score (nSPS) is 13.3. The number of esters is 1. The number of phosphoric acid groups is 1. The van der Waals surface area contributed by atoms with Crippen LogP contribution in [0.5, 0.6) is 0 Å². The van der Waals surface area contributed by atoms with E-state index in [4.69, 9.17) is 18.5 Å². The summed E-state index contributed by atoms with van der Waals surface area (Å²) in [6, 6.07) is 0. The van der Waals surface area contributed by atoms with Crippen LogP contribution in [0.2, 0.25) is 0 Å². The highest BCUT2D eigenvalue weighted by Gasteiger charge is 2.20. The van der Waals surface area contributed by atoms with Crippen molar-refractivity contribution in [1.29, 1.82) is 0 Å². The van der Waals surface area contributed by atoms with Gasteiger partial charge in [0.15, 0.2) is 0 Å². The zero-order valence-corrected chi connectivity index (χ0v) is 46.8. The van der Waals surface area contributed by atoms with Gasteiger partial charge in [-0.1, -0.05) is 290 Å². The van der Waals surface area contributed by atoms with Gasteiger partial charge in [-0.2, -0.15) is 0 Å². The van der Waals surface area contributed by atoms with E-state index in [-0.39, 0.29) is 25.8 Å². The van der Waals surface area contributed by atoms with Gasteiger partial charge < -0.3 is 27.9 Å². The molecule has 0 fully saturated rings. The number of quaternary nitrogens is 1. The first-order valence-electron chi connectivity index (χ1n) is 29.8. The lowest BCUT2D eigenvalue weighted by atomic mass is 10.0. The molecular formula is C58H118NO7P. The molecule has 0 N–H and O–H groups in total. The van der Waals surface area contributed by atoms with Crippen LogP contribution >= 0.6 is 7.82 Å². The van der Waals surface area contributed by atoms with E-state index >= 15 is 0 Å². The van der Waals surface area contributed by atoms with Crippen LogP contribution in [-0.2, 0) is 27.9 Å². The molecule has 9 heteroatoms. The quantitative estimate of drug-likeness (QED) is 0.0259. The van der Waals surface area contributed by atoms with Gasteiger partial charge in [-0.3, -0.25) is 9.36 Å². The first kappa shape index (κ1) is 66.5. The zero-order valence-electron chi connectivity index (χ0n) is 45.9. The number of carbonyl (C=O) groups is 1. The molecular weight excluding hydrogens is 854 g/mol. The van der Waals surface area contributed by atoms with Crippen LogP contribution in [0.15, 0.2) is 0 Å². The summed E-state index contributed by atoms with van der Waals surface area (Å²) >= 11 is 0. The lowest BCUT2D eigenvalue weighted by molar-refractivity contribution is -0.870. The van der Waals surface area contributed by atoms with Crippen LogP contribution < -0.4 is 4.89 Å². The topological polar surface area (TPSA) is 94.1 Å². The standard InChI is InChI=1S/C58H118NO7P/c1-6-8-10-12-14-16-18-20-21-22-23-24-25-26-27-28-29-30-31-32-33-34-35-36-37-38-39-40-41-43-45-47-49-51-58(60)66-57(56-65-67(61,62)64-54-52-59(3,4)5)55-63-53-50-48-46-44-42-19-17-15-13-11-9-7-2/h57H,6-56H2,1-5H3/t57-/m1/s1. The van der Waals surface area contributed by atoms with Gasteiger partial charge in [0.2, 0.25) is 0 Å². The number of unbranched alkanes of at least 4 members (excludes halogenated alkanes) is 43. The van der Waals surface area contributed by atoms with E-state index in [1.807, 2.05) is 21.1 Å². The average Bonchev–Trinajstić information content (AvgIpc) is 3.29. The molecule has 0 amide bonds. The molecule has 0 rings (SSSR count). The number of rotatable bonds is 57. The maximum absolute atomic E-state index is 12.8. The maximum Gasteiger partial charge on any atom is 0.306 e. The second-order valence-electron chi connectivity index (χ2n) is 21.7. The smallest absolute Gasteiger partial charge is 0.306 e. The summed E-state index contributed by atoms with van der Waals surface area (Å²) in [7, 11) is 1.38. The van der Waals surface area contributed by atoms with Gasteiger partial charge in [0.05, 0.1) is 34.4 Å². The predicted molar refractivity (Wildman–Crippen MR) is 287 cm³/mol. The number of likely N-dealkylation sites (N-methyl/N-ethyl adjacent to an activating group) is 1. The maximum atomic E-state index is 12.8. The van der Waals surface area contributed by atoms with Crippen molar-refractivity contribution in [1.82, 2.24) is 0 Å². The van der Waals surface area contributed by atoms with Crippen LogP contribution in [0.1, 0.15) is 309 Å². The van der Waals surface area contributed by atoms with Gasteiger partial charge in [-0.15, -0.1) is 0 Å². The largest absolute Gasteiger partial charge is 0.756 e. The van der Waals surface area contributed by atoms with Crippen molar-refractivity contribution in [2.75, 3.05) is 54.1 Å². The summed E-state index contributed by atoms with van der Waals surface area (Å²) < 4.78 is 34.8. The number of carbonyl (C=O) groups excluding carboxylic acids is 1. The molecule has 0 saturated heterocycles. The highest BCUT2D eigenvalue weighted by molar-refractivity contribution is 7.45. The monoisotopic (exact) mass is 972 g/mol. The fourth-order valence-corrected chi connectivity index (χ4v) is 9.81. The van der Waals surface area contributed by atoms with Crippen molar-refractivity contribution < 1.29 is 37.3 Å². The number of phosphoric ester groups is 1. The summed E-state index contributed by atoms with van der Waals surface area (Å²) in [4.78, 5) is 25.2. The van der Waals surface area contributed by atoms with Crippen LogP contribution in [0.25, 0.3) is 0 Å². The highest BCUT2D eigenvalue weighted by Crippen LogP contribution is 2.38. The first-order chi connectivity index (χ1) is 32.6. The summed E-state index contributed by atoms with van der Waals surface area (Å²) in [6.07, 6.45) is 60.3. The minimum absolute atomic E-state index is 0.0317. The van der Waals surface area contributed by atoms with Crippen molar-refractivity contribution in [3.63, 3.8) is 0 Å². The van der Waals surface area contributed by atoms with Crippen LogP contribution in [0.4, 0.5) is 0 Å². The molecule has 0 aliphatic rings. The Morgan fingerprint density at radius 3 is 0.985 bits per heavy atom. The third-order valence-electron chi connectivity index (χ3n) is 13.7. The summed E-state index contributed by atoms with van der Waals surface area (Å²) in [5, 5.41) is 0. The van der Waals surface area contributed by atoms with Gasteiger partial charge in [-0.25, -0.2) is 0 Å². The molecule has 2 atom stereocenters. The molecule has 0 aliphatic heterocycles. The molecule has 0 bridgehead atoms. The Balaban J connectivity index is 3.82. The number of hydrogen-bond acceptors (Lipinski definition) is 7. The Bertz CT molecular complexity index is 1040. The van der Waals surface area contributed by atoms with E-state index < -0.39 is 13.9 Å². The lowest BCUT2D eigenvalue weighted by Crippen LogP contribution is -2.37. The Labute approximate surface area is 418 Å². The van der Waals surface area contributed by atoms with E-state index in [0.29, 0.717) is 24.1 Å². The minimum atomic E-state index is -4.52. The molecule has 0 heterocycles. The third-order valence-corrected chi connectivity index (χ3v) is 14.6. The van der Waals surface area contributed by atoms with Crippen LogP contribution in [0, 0.1) is 0 Å². The second-order valence-corrected chi connectivity index (χ2v) is 23.1. The Morgan fingerprint density at radius 1 is 0.403 bits per heavy atom. The molecule has 402 valence electrons. The molecule has 0 saturated carbocycles. The molecule has 0 radical (unpaired) electrons. The second kappa shape index (κ2) is 51.8. The molecule has 0 aromatic rings. The van der Waals surface area contributed by atoms with Crippen LogP contribution in [0.3, 0.4) is 0 Å². The summed E-state index contributed by atoms with van der Waals surface area (Å²) in [6.45, 7) is 5.49. The zero-order chi connectivity index (χ0) is 49.0. The minimum Gasteiger partial charge on any atom is -0.756 e. The predicted octanol–water partition coefficient (Wildman–Crippen LogP) is 18.1. The van der Waals surface area contributed by atoms with Crippen molar-refractivity contribution in [2.24, 2.45) is 0 Å². The van der Waals surface area contributed by atoms with Crippen LogP contribution in [-0.4, -0.2) is 70.7 Å². The Kier molecular flexibility index (Phi) is 51.5. The third kappa shape index (κ3) is 56.3. The van der Waals surface area contributed by atoms with Gasteiger partial charge in [0.1, 0.15) is 19.3 Å². The molecule has 0 aliphatic carbocycles. The molecule has 8 nitrogen and oxygen atoms in total. The van der Waals surface area contributed by atoms with E-state index in [2.05, 4.69) is 13.8 Å². The fraction of sp³-hybridized carbons (Fsp3) is 0.983. The molecule has 0 aromatic heterocycles. The van der Waals surface area contributed by atoms with Gasteiger partial charge in [-0.05, 0) is 12.8 Å². The van der Waals surface area contributed by atoms with Crippen molar-refractivity contribution in [3.05, 3.63) is 0 Å². The van der Waals surface area contributed by atoms with Gasteiger partial charge >= 0.3 is 5.97 Å². The van der Waals surface area contributed by atoms with E-state index in [1.54, 1.807) is 0 Å². The van der Waals surface area contributed by atoms with Gasteiger partial charge in [0, 0.05) is 13.0 Å². The SMILES string of the molecule is CCCCCCCCCCCCCCCCCCCCCCCCCCCCCCCCCCCC(=O)O[C@H](COCCCCCCCCCCCCCC)COP(=O)([O-])OCC[N+](C)(C)C. The van der Waals surface area contributed by atoms with E-state index in [9.17, 15) is 14.3 Å². The van der Waals surface area contributed by atoms with Crippen molar-refractivity contribution in [3.8, 4) is 0 Å². The molecule has 67 heavy (non-hydrogen) atoms. The Hall–Kier alpha value is -0.500. The van der Waals surface area contributed by atoms with E-state index in [0.717, 1.165) is 32.1 Å². The number of nitrogens with zero attached hydrogens (tertiary/aromatic N) is 1. The highest BCUT2D eigenvalue weighted by atomic mass is 31.2. The first-order valence-corrected chi connectivity index (χ1v) is 31.2.